The Labute approximate surface area is 105 Å². The Hall–Kier alpha value is -1.31. The SMILES string of the molecule is N#Cc1cc(N2C[C@@H]3CC[C@H]2CN3)cnc1Cl. The summed E-state index contributed by atoms with van der Waals surface area (Å²) >= 11 is 5.85. The standard InChI is InChI=1S/C12H13ClN4/c13-12-8(4-14)3-11(6-16-12)17-7-9-1-2-10(17)5-15-9/h3,6,9-10,15H,1-2,5,7H2/t9-,10-/m0/s1. The predicted octanol–water partition coefficient (Wildman–Crippen LogP) is 1.55. The molecule has 1 aromatic rings. The van der Waals surface area contributed by atoms with Gasteiger partial charge < -0.3 is 10.2 Å². The number of nitrogens with zero attached hydrogens (tertiary/aromatic N) is 3. The van der Waals surface area contributed by atoms with E-state index in [1.807, 2.05) is 6.07 Å². The van der Waals surface area contributed by atoms with Crippen molar-refractivity contribution in [2.24, 2.45) is 0 Å². The van der Waals surface area contributed by atoms with E-state index in [2.05, 4.69) is 21.3 Å². The van der Waals surface area contributed by atoms with E-state index in [0.717, 1.165) is 18.8 Å². The zero-order valence-corrected chi connectivity index (χ0v) is 10.1. The van der Waals surface area contributed by atoms with E-state index < -0.39 is 0 Å². The maximum absolute atomic E-state index is 8.97. The van der Waals surface area contributed by atoms with Gasteiger partial charge in [-0.05, 0) is 18.9 Å². The van der Waals surface area contributed by atoms with E-state index in [1.54, 1.807) is 6.20 Å². The maximum Gasteiger partial charge on any atom is 0.146 e. The van der Waals surface area contributed by atoms with E-state index in [0.29, 0.717) is 17.6 Å². The minimum atomic E-state index is 0.288. The number of piperazine rings is 1. The molecule has 5 heteroatoms. The third-order valence-corrected chi connectivity index (χ3v) is 3.93. The number of nitriles is 1. The summed E-state index contributed by atoms with van der Waals surface area (Å²) in [5.41, 5.74) is 1.47. The molecule has 0 aromatic carbocycles. The van der Waals surface area contributed by atoms with Crippen LogP contribution in [0.15, 0.2) is 12.3 Å². The molecule has 4 nitrogen and oxygen atoms in total. The maximum atomic E-state index is 8.97. The molecule has 0 aliphatic carbocycles. The average Bonchev–Trinajstić information content (AvgIpc) is 2.40. The molecular formula is C12H13ClN4. The number of rotatable bonds is 1. The quantitative estimate of drug-likeness (QED) is 0.767. The summed E-state index contributed by atoms with van der Waals surface area (Å²) in [5.74, 6) is 0. The Morgan fingerprint density at radius 3 is 3.00 bits per heavy atom. The van der Waals surface area contributed by atoms with Crippen molar-refractivity contribution in [3.63, 3.8) is 0 Å². The fourth-order valence-corrected chi connectivity index (χ4v) is 2.84. The first-order valence-corrected chi connectivity index (χ1v) is 6.21. The summed E-state index contributed by atoms with van der Waals surface area (Å²) in [6, 6.07) is 5.02. The van der Waals surface area contributed by atoms with Crippen LogP contribution in [0.5, 0.6) is 0 Å². The largest absolute Gasteiger partial charge is 0.364 e. The van der Waals surface area contributed by atoms with Crippen LogP contribution >= 0.6 is 11.6 Å². The molecule has 88 valence electrons. The lowest BCUT2D eigenvalue weighted by Gasteiger charge is -2.47. The van der Waals surface area contributed by atoms with Crippen LogP contribution in [0.25, 0.3) is 0 Å². The van der Waals surface area contributed by atoms with Gasteiger partial charge in [0.05, 0.1) is 17.4 Å². The van der Waals surface area contributed by atoms with Gasteiger partial charge in [0.25, 0.3) is 0 Å². The van der Waals surface area contributed by atoms with E-state index in [9.17, 15) is 0 Å². The third-order valence-electron chi connectivity index (χ3n) is 3.63. The second kappa shape index (κ2) is 4.17. The molecule has 4 rings (SSSR count). The van der Waals surface area contributed by atoms with Crippen molar-refractivity contribution >= 4 is 17.3 Å². The predicted molar refractivity (Wildman–Crippen MR) is 66.1 cm³/mol. The van der Waals surface area contributed by atoms with Gasteiger partial charge in [-0.1, -0.05) is 11.6 Å². The highest BCUT2D eigenvalue weighted by molar-refractivity contribution is 6.30. The normalized spacial score (nSPS) is 26.9. The molecule has 2 bridgehead atoms. The van der Waals surface area contributed by atoms with Gasteiger partial charge in [-0.15, -0.1) is 0 Å². The molecule has 0 radical (unpaired) electrons. The van der Waals surface area contributed by atoms with Crippen LogP contribution in [0.4, 0.5) is 5.69 Å². The summed E-state index contributed by atoms with van der Waals surface area (Å²) in [5, 5.41) is 12.8. The monoisotopic (exact) mass is 248 g/mol. The second-order valence-electron chi connectivity index (χ2n) is 4.63. The molecule has 3 aliphatic rings. The van der Waals surface area contributed by atoms with Crippen LogP contribution in [0.3, 0.4) is 0 Å². The molecular weight excluding hydrogens is 236 g/mol. The van der Waals surface area contributed by atoms with Gasteiger partial charge in [0, 0.05) is 25.2 Å². The summed E-state index contributed by atoms with van der Waals surface area (Å²) in [7, 11) is 0. The minimum absolute atomic E-state index is 0.288. The molecule has 0 unspecified atom stereocenters. The van der Waals surface area contributed by atoms with Gasteiger partial charge in [-0.3, -0.25) is 0 Å². The van der Waals surface area contributed by atoms with Gasteiger partial charge in [0.1, 0.15) is 11.2 Å². The van der Waals surface area contributed by atoms with E-state index in [-0.39, 0.29) is 5.15 Å². The van der Waals surface area contributed by atoms with Crippen molar-refractivity contribution in [1.29, 1.82) is 5.26 Å². The van der Waals surface area contributed by atoms with Crippen molar-refractivity contribution < 1.29 is 0 Å². The Morgan fingerprint density at radius 2 is 2.41 bits per heavy atom. The summed E-state index contributed by atoms with van der Waals surface area (Å²) in [6.07, 6.45) is 4.22. The first-order valence-electron chi connectivity index (χ1n) is 5.83. The van der Waals surface area contributed by atoms with Gasteiger partial charge in [-0.25, -0.2) is 4.98 Å². The fraction of sp³-hybridized carbons (Fsp3) is 0.500. The lowest BCUT2D eigenvalue weighted by atomic mass is 9.92. The molecule has 3 saturated heterocycles. The van der Waals surface area contributed by atoms with Crippen molar-refractivity contribution in [3.05, 3.63) is 23.0 Å². The molecule has 2 atom stereocenters. The highest BCUT2D eigenvalue weighted by atomic mass is 35.5. The molecule has 1 aromatic heterocycles. The van der Waals surface area contributed by atoms with Crippen LogP contribution in [-0.4, -0.2) is 30.2 Å². The highest BCUT2D eigenvalue weighted by Gasteiger charge is 2.33. The lowest BCUT2D eigenvalue weighted by Crippen LogP contribution is -2.61. The van der Waals surface area contributed by atoms with Crippen LogP contribution < -0.4 is 10.2 Å². The molecule has 0 saturated carbocycles. The van der Waals surface area contributed by atoms with E-state index >= 15 is 0 Å². The lowest BCUT2D eigenvalue weighted by molar-refractivity contribution is 0.290. The zero-order chi connectivity index (χ0) is 11.8. The molecule has 17 heavy (non-hydrogen) atoms. The number of aromatic nitrogens is 1. The number of nitrogens with one attached hydrogen (secondary N) is 1. The smallest absolute Gasteiger partial charge is 0.146 e. The summed E-state index contributed by atoms with van der Waals surface area (Å²) in [6.45, 7) is 2.02. The van der Waals surface area contributed by atoms with E-state index in [1.165, 1.54) is 12.8 Å². The Kier molecular flexibility index (Phi) is 2.65. The molecule has 0 spiro atoms. The first-order chi connectivity index (χ1) is 8.28. The van der Waals surface area contributed by atoms with Crippen LogP contribution in [0.1, 0.15) is 18.4 Å². The topological polar surface area (TPSA) is 52.0 Å². The van der Waals surface area contributed by atoms with Gasteiger partial charge >= 0.3 is 0 Å². The van der Waals surface area contributed by atoms with Crippen molar-refractivity contribution in [2.45, 2.75) is 24.9 Å². The van der Waals surface area contributed by atoms with Gasteiger partial charge in [-0.2, -0.15) is 5.26 Å². The Bertz CT molecular complexity index is 474. The number of piperidine rings is 2. The number of hydrogen-bond donors (Lipinski definition) is 1. The number of anilines is 1. The second-order valence-corrected chi connectivity index (χ2v) is 4.99. The van der Waals surface area contributed by atoms with Crippen LogP contribution in [0, 0.1) is 11.3 Å². The third kappa shape index (κ3) is 1.86. The number of fused-ring (bicyclic) bond motifs is 3. The number of pyridine rings is 1. The number of hydrogen-bond acceptors (Lipinski definition) is 4. The van der Waals surface area contributed by atoms with Gasteiger partial charge in [0.2, 0.25) is 0 Å². The van der Waals surface area contributed by atoms with Crippen molar-refractivity contribution in [3.8, 4) is 6.07 Å². The Morgan fingerprint density at radius 1 is 1.53 bits per heavy atom. The van der Waals surface area contributed by atoms with Gasteiger partial charge in [0.15, 0.2) is 0 Å². The highest BCUT2D eigenvalue weighted by Crippen LogP contribution is 2.29. The minimum Gasteiger partial charge on any atom is -0.364 e. The van der Waals surface area contributed by atoms with Crippen LogP contribution in [0.2, 0.25) is 5.15 Å². The van der Waals surface area contributed by atoms with Crippen molar-refractivity contribution in [1.82, 2.24) is 10.3 Å². The van der Waals surface area contributed by atoms with Crippen molar-refractivity contribution in [2.75, 3.05) is 18.0 Å². The molecule has 0 amide bonds. The summed E-state index contributed by atoms with van der Waals surface area (Å²) in [4.78, 5) is 6.43. The molecule has 3 aliphatic heterocycles. The summed E-state index contributed by atoms with van der Waals surface area (Å²) < 4.78 is 0. The molecule has 1 N–H and O–H groups in total. The van der Waals surface area contributed by atoms with Crippen LogP contribution in [-0.2, 0) is 0 Å². The fourth-order valence-electron chi connectivity index (χ4n) is 2.70. The van der Waals surface area contributed by atoms with E-state index in [4.69, 9.17) is 16.9 Å². The average molecular weight is 249 g/mol. The number of halogens is 1. The molecule has 4 heterocycles. The molecule has 3 fully saturated rings. The first kappa shape index (κ1) is 10.8. The Balaban J connectivity index is 1.92. The zero-order valence-electron chi connectivity index (χ0n) is 9.36.